The molecule has 0 aromatic heterocycles. The van der Waals surface area contributed by atoms with Crippen molar-refractivity contribution in [3.8, 4) is 0 Å². The summed E-state index contributed by atoms with van der Waals surface area (Å²) in [4.78, 5) is 22.4. The third-order valence-electron chi connectivity index (χ3n) is 4.38. The molecule has 0 radical (unpaired) electrons. The van der Waals surface area contributed by atoms with Crippen molar-refractivity contribution in [1.82, 2.24) is 0 Å². The van der Waals surface area contributed by atoms with E-state index in [4.69, 9.17) is 4.74 Å². The predicted molar refractivity (Wildman–Crippen MR) is 97.8 cm³/mol. The summed E-state index contributed by atoms with van der Waals surface area (Å²) in [5.74, 6) is -0.0142. The van der Waals surface area contributed by atoms with Crippen molar-refractivity contribution in [2.24, 2.45) is 11.8 Å². The third kappa shape index (κ3) is 8.97. The van der Waals surface area contributed by atoms with E-state index in [0.29, 0.717) is 19.4 Å². The van der Waals surface area contributed by atoms with Gasteiger partial charge in [0.2, 0.25) is 0 Å². The van der Waals surface area contributed by atoms with Gasteiger partial charge in [0.1, 0.15) is 12.6 Å². The molecule has 3 atom stereocenters. The summed E-state index contributed by atoms with van der Waals surface area (Å²) >= 11 is 0. The Balaban J connectivity index is 2.52. The molecule has 0 aliphatic carbocycles. The number of benzene rings is 1. The second-order valence-corrected chi connectivity index (χ2v) is 6.75. The number of aldehydes is 2. The molecule has 0 saturated heterocycles. The van der Waals surface area contributed by atoms with Crippen LogP contribution in [0.3, 0.4) is 0 Å². The Bertz CT molecular complexity index is 444. The minimum absolute atomic E-state index is 0.0291. The van der Waals surface area contributed by atoms with Gasteiger partial charge in [-0.1, -0.05) is 69.9 Å². The van der Waals surface area contributed by atoms with Gasteiger partial charge in [0.05, 0.1) is 12.7 Å². The third-order valence-corrected chi connectivity index (χ3v) is 4.38. The highest BCUT2D eigenvalue weighted by molar-refractivity contribution is 5.54. The highest BCUT2D eigenvalue weighted by atomic mass is 16.5. The Morgan fingerprint density at radius 3 is 2.38 bits per heavy atom. The standard InChI is InChI=1S/C21H32O3/c1-3-4-5-7-12-20(16-23)14-21(13-18(2)15-22)24-17-19-10-8-6-9-11-19/h6,8-11,15-16,18,20-21H,3-5,7,12-14,17H2,1-2H3. The molecular formula is C21H32O3. The Hall–Kier alpha value is -1.48. The zero-order chi connectivity index (χ0) is 17.6. The van der Waals surface area contributed by atoms with Gasteiger partial charge in [-0.05, 0) is 24.8 Å². The van der Waals surface area contributed by atoms with Gasteiger partial charge in [-0.25, -0.2) is 0 Å². The van der Waals surface area contributed by atoms with Gasteiger partial charge in [-0.2, -0.15) is 0 Å². The van der Waals surface area contributed by atoms with Crippen LogP contribution in [0.4, 0.5) is 0 Å². The zero-order valence-corrected chi connectivity index (χ0v) is 15.2. The average Bonchev–Trinajstić information content (AvgIpc) is 2.62. The monoisotopic (exact) mass is 332 g/mol. The van der Waals surface area contributed by atoms with Crippen molar-refractivity contribution < 1.29 is 14.3 Å². The van der Waals surface area contributed by atoms with Crippen molar-refractivity contribution in [2.75, 3.05) is 0 Å². The minimum atomic E-state index is -0.0493. The van der Waals surface area contributed by atoms with Crippen LogP contribution in [-0.2, 0) is 20.9 Å². The van der Waals surface area contributed by atoms with Crippen LogP contribution in [0, 0.1) is 11.8 Å². The number of ether oxygens (including phenoxy) is 1. The van der Waals surface area contributed by atoms with Crippen molar-refractivity contribution >= 4 is 12.6 Å². The van der Waals surface area contributed by atoms with E-state index in [2.05, 4.69) is 6.92 Å². The minimum Gasteiger partial charge on any atom is -0.373 e. The van der Waals surface area contributed by atoms with Crippen LogP contribution in [0.15, 0.2) is 30.3 Å². The Morgan fingerprint density at radius 1 is 1.00 bits per heavy atom. The van der Waals surface area contributed by atoms with E-state index in [9.17, 15) is 9.59 Å². The average molecular weight is 332 g/mol. The van der Waals surface area contributed by atoms with Crippen LogP contribution < -0.4 is 0 Å². The van der Waals surface area contributed by atoms with Gasteiger partial charge in [0, 0.05) is 11.8 Å². The topological polar surface area (TPSA) is 43.4 Å². The first-order valence-corrected chi connectivity index (χ1v) is 9.25. The molecule has 1 rings (SSSR count). The molecular weight excluding hydrogens is 300 g/mol. The molecule has 1 aromatic rings. The molecule has 0 aliphatic rings. The lowest BCUT2D eigenvalue weighted by molar-refractivity contribution is -0.113. The quantitative estimate of drug-likeness (QED) is 0.357. The van der Waals surface area contributed by atoms with Crippen LogP contribution >= 0.6 is 0 Å². The summed E-state index contributed by atoms with van der Waals surface area (Å²) in [5.41, 5.74) is 1.12. The molecule has 134 valence electrons. The first kappa shape index (κ1) is 20.6. The van der Waals surface area contributed by atoms with Gasteiger partial charge >= 0.3 is 0 Å². The van der Waals surface area contributed by atoms with Gasteiger partial charge in [0.15, 0.2) is 0 Å². The van der Waals surface area contributed by atoms with E-state index in [-0.39, 0.29) is 17.9 Å². The first-order chi connectivity index (χ1) is 11.7. The number of unbranched alkanes of at least 4 members (excludes halogenated alkanes) is 3. The lowest BCUT2D eigenvalue weighted by Crippen LogP contribution is -2.22. The molecule has 0 saturated carbocycles. The van der Waals surface area contributed by atoms with Crippen molar-refractivity contribution in [2.45, 2.75) is 71.5 Å². The summed E-state index contributed by atoms with van der Waals surface area (Å²) < 4.78 is 6.04. The van der Waals surface area contributed by atoms with E-state index in [1.807, 2.05) is 37.3 Å². The second-order valence-electron chi connectivity index (χ2n) is 6.75. The second kappa shape index (κ2) is 12.9. The SMILES string of the molecule is CCCCCCC(C=O)CC(CC(C)C=O)OCc1ccccc1. The molecule has 0 spiro atoms. The van der Waals surface area contributed by atoms with Gasteiger partial charge in [0.25, 0.3) is 0 Å². The van der Waals surface area contributed by atoms with E-state index >= 15 is 0 Å². The number of carbonyl (C=O) groups excluding carboxylic acids is 2. The highest BCUT2D eigenvalue weighted by Gasteiger charge is 2.19. The maximum absolute atomic E-state index is 11.4. The molecule has 0 fully saturated rings. The van der Waals surface area contributed by atoms with Gasteiger partial charge in [-0.3, -0.25) is 0 Å². The Morgan fingerprint density at radius 2 is 1.75 bits per heavy atom. The molecule has 3 heteroatoms. The van der Waals surface area contributed by atoms with Crippen molar-refractivity contribution in [3.05, 3.63) is 35.9 Å². The summed E-state index contributed by atoms with van der Waals surface area (Å²) in [5, 5.41) is 0. The summed E-state index contributed by atoms with van der Waals surface area (Å²) in [7, 11) is 0. The van der Waals surface area contributed by atoms with Gasteiger partial charge in [-0.15, -0.1) is 0 Å². The van der Waals surface area contributed by atoms with Gasteiger partial charge < -0.3 is 14.3 Å². The van der Waals surface area contributed by atoms with Crippen LogP contribution in [-0.4, -0.2) is 18.7 Å². The normalized spacial score (nSPS) is 14.8. The lowest BCUT2D eigenvalue weighted by Gasteiger charge is -2.22. The molecule has 24 heavy (non-hydrogen) atoms. The van der Waals surface area contributed by atoms with E-state index in [0.717, 1.165) is 31.0 Å². The fourth-order valence-corrected chi connectivity index (χ4v) is 2.90. The zero-order valence-electron chi connectivity index (χ0n) is 15.2. The molecule has 0 aliphatic heterocycles. The largest absolute Gasteiger partial charge is 0.373 e. The summed E-state index contributed by atoms with van der Waals surface area (Å²) in [6, 6.07) is 10.0. The molecule has 3 nitrogen and oxygen atoms in total. The molecule has 0 bridgehead atoms. The first-order valence-electron chi connectivity index (χ1n) is 9.25. The molecule has 1 aromatic carbocycles. The fraction of sp³-hybridized carbons (Fsp3) is 0.619. The highest BCUT2D eigenvalue weighted by Crippen LogP contribution is 2.21. The molecule has 0 heterocycles. The number of carbonyl (C=O) groups is 2. The smallest absolute Gasteiger partial charge is 0.123 e. The van der Waals surface area contributed by atoms with E-state index in [1.165, 1.54) is 19.3 Å². The van der Waals surface area contributed by atoms with E-state index in [1.54, 1.807) is 0 Å². The van der Waals surface area contributed by atoms with Crippen molar-refractivity contribution in [3.63, 3.8) is 0 Å². The molecule has 3 unspecified atom stereocenters. The van der Waals surface area contributed by atoms with E-state index < -0.39 is 0 Å². The molecule has 0 amide bonds. The summed E-state index contributed by atoms with van der Waals surface area (Å²) in [6.07, 6.45) is 8.99. The van der Waals surface area contributed by atoms with Crippen molar-refractivity contribution in [1.29, 1.82) is 0 Å². The lowest BCUT2D eigenvalue weighted by atomic mass is 9.92. The van der Waals surface area contributed by atoms with Crippen LogP contribution in [0.25, 0.3) is 0 Å². The summed E-state index contributed by atoms with van der Waals surface area (Å²) in [6.45, 7) is 4.62. The Labute approximate surface area is 146 Å². The van der Waals surface area contributed by atoms with Crippen LogP contribution in [0.1, 0.15) is 64.4 Å². The van der Waals surface area contributed by atoms with Crippen LogP contribution in [0.2, 0.25) is 0 Å². The maximum atomic E-state index is 11.4. The molecule has 0 N–H and O–H groups in total. The Kier molecular flexibility index (Phi) is 11.0. The number of hydrogen-bond donors (Lipinski definition) is 0. The predicted octanol–water partition coefficient (Wildman–Crippen LogP) is 4.97. The maximum Gasteiger partial charge on any atom is 0.123 e. The number of hydrogen-bond acceptors (Lipinski definition) is 3. The fourth-order valence-electron chi connectivity index (χ4n) is 2.90. The number of rotatable bonds is 14. The van der Waals surface area contributed by atoms with Crippen LogP contribution in [0.5, 0.6) is 0 Å².